The molecule has 0 saturated heterocycles. The molecule has 0 aromatic rings. The lowest BCUT2D eigenvalue weighted by Crippen LogP contribution is -1.92. The summed E-state index contributed by atoms with van der Waals surface area (Å²) in [5, 5.41) is 31.0. The number of aliphatic carboxylic acids is 2. The predicted molar refractivity (Wildman–Crippen MR) is 135 cm³/mol. The van der Waals surface area contributed by atoms with Crippen molar-refractivity contribution >= 4 is 11.9 Å². The van der Waals surface area contributed by atoms with E-state index in [0.29, 0.717) is 0 Å². The molecule has 6 nitrogen and oxygen atoms in total. The molecule has 0 aromatic heterocycles. The van der Waals surface area contributed by atoms with Gasteiger partial charge in [0.2, 0.25) is 0 Å². The molecule has 0 unspecified atom stereocenters. The second-order valence-electron chi connectivity index (χ2n) is 7.86. The van der Waals surface area contributed by atoms with E-state index in [0.717, 1.165) is 0 Å². The van der Waals surface area contributed by atoms with Crippen LogP contribution in [0.5, 0.6) is 0 Å². The summed E-state index contributed by atoms with van der Waals surface area (Å²) in [6, 6.07) is 0. The highest BCUT2D eigenvalue weighted by Gasteiger charge is 1.93. The number of unbranched alkanes of at least 4 members (excludes halogenated alkanes) is 13. The number of aliphatic hydroxyl groups excluding tert-OH is 2. The molecule has 0 saturated carbocycles. The lowest BCUT2D eigenvalue weighted by atomic mass is 10.0. The topological polar surface area (TPSA) is 115 Å². The van der Waals surface area contributed by atoms with Crippen molar-refractivity contribution in [2.75, 3.05) is 13.2 Å². The molecule has 0 aliphatic carbocycles. The maximum Gasteiger partial charge on any atom is 0.330 e. The standard InChI is InChI=1S/C16H34.2C4H6O2.C2H6O2/c1-3-5-7-9-11-13-15-16-14-12-10-8-6-4-2;2*1-3(2)4(5)6;3-1-2-4/h3-16H2,1-2H3;2*1H2,2H3,(H,5,6);3-4H,1-2H2. The Bertz CT molecular complexity index is 368. The molecule has 0 aliphatic rings. The van der Waals surface area contributed by atoms with Gasteiger partial charge in [0.05, 0.1) is 13.2 Å². The largest absolute Gasteiger partial charge is 0.478 e. The number of carbonyl (C=O) groups is 2. The van der Waals surface area contributed by atoms with Gasteiger partial charge in [-0.2, -0.15) is 0 Å². The van der Waals surface area contributed by atoms with Gasteiger partial charge >= 0.3 is 11.9 Å². The SMILES string of the molecule is C=C(C)C(=O)O.C=C(C)C(=O)O.CCCCCCCCCCCCCCCC.OCCO. The molecule has 0 atom stereocenters. The normalized spacial score (nSPS) is 9.19. The maximum atomic E-state index is 9.60. The van der Waals surface area contributed by atoms with E-state index in [2.05, 4.69) is 27.0 Å². The summed E-state index contributed by atoms with van der Waals surface area (Å²) in [6.45, 7) is 13.5. The van der Waals surface area contributed by atoms with Crippen LogP contribution in [0.4, 0.5) is 0 Å². The van der Waals surface area contributed by atoms with E-state index >= 15 is 0 Å². The first kappa shape index (κ1) is 37.6. The summed E-state index contributed by atoms with van der Waals surface area (Å²) in [4.78, 5) is 19.2. The molecular weight excluding hydrogens is 408 g/mol. The van der Waals surface area contributed by atoms with Crippen molar-refractivity contribution in [3.8, 4) is 0 Å². The number of hydrogen-bond acceptors (Lipinski definition) is 4. The second-order valence-corrected chi connectivity index (χ2v) is 7.86. The van der Waals surface area contributed by atoms with Gasteiger partial charge in [-0.25, -0.2) is 9.59 Å². The molecule has 32 heavy (non-hydrogen) atoms. The Morgan fingerprint density at radius 2 is 0.688 bits per heavy atom. The lowest BCUT2D eigenvalue weighted by molar-refractivity contribution is -0.133. The number of carboxylic acid groups (broad SMARTS) is 2. The number of aliphatic hydroxyl groups is 2. The predicted octanol–water partition coefficient (Wildman–Crippen LogP) is 6.75. The molecule has 0 rings (SSSR count). The number of hydrogen-bond donors (Lipinski definition) is 4. The number of rotatable bonds is 16. The van der Waals surface area contributed by atoms with Gasteiger partial charge in [0.15, 0.2) is 0 Å². The van der Waals surface area contributed by atoms with Gasteiger partial charge in [0.25, 0.3) is 0 Å². The van der Waals surface area contributed by atoms with Gasteiger partial charge in [0, 0.05) is 11.1 Å². The Kier molecular flexibility index (Phi) is 40.0. The third kappa shape index (κ3) is 51.2. The molecule has 4 N–H and O–H groups in total. The lowest BCUT2D eigenvalue weighted by Gasteiger charge is -2.02. The molecule has 0 aromatic carbocycles. The van der Waals surface area contributed by atoms with Crippen molar-refractivity contribution in [2.45, 2.75) is 118 Å². The molecule has 0 aliphatic heterocycles. The van der Waals surface area contributed by atoms with Gasteiger partial charge < -0.3 is 20.4 Å². The molecule has 0 amide bonds. The van der Waals surface area contributed by atoms with Crippen LogP contribution in [-0.2, 0) is 9.59 Å². The first-order valence-electron chi connectivity index (χ1n) is 12.1. The zero-order valence-electron chi connectivity index (χ0n) is 21.3. The van der Waals surface area contributed by atoms with Gasteiger partial charge in [-0.3, -0.25) is 0 Å². The monoisotopic (exact) mass is 460 g/mol. The fourth-order valence-electron chi connectivity index (χ4n) is 2.27. The summed E-state index contributed by atoms with van der Waals surface area (Å²) in [5.74, 6) is -1.87. The average Bonchev–Trinajstić information content (AvgIpc) is 2.75. The van der Waals surface area contributed by atoms with Crippen LogP contribution in [0.3, 0.4) is 0 Å². The first-order valence-corrected chi connectivity index (χ1v) is 12.1. The molecular formula is C26H52O6. The smallest absolute Gasteiger partial charge is 0.330 e. The van der Waals surface area contributed by atoms with Crippen molar-refractivity contribution < 1.29 is 30.0 Å². The quantitative estimate of drug-likeness (QED) is 0.149. The van der Waals surface area contributed by atoms with E-state index in [1.54, 1.807) is 0 Å². The van der Waals surface area contributed by atoms with E-state index < -0.39 is 11.9 Å². The third-order valence-electron chi connectivity index (χ3n) is 4.29. The Balaban J connectivity index is -0.000000200. The van der Waals surface area contributed by atoms with Crippen molar-refractivity contribution in [3.05, 3.63) is 24.3 Å². The molecule has 6 heteroatoms. The van der Waals surface area contributed by atoms with Crippen LogP contribution >= 0.6 is 0 Å². The first-order chi connectivity index (χ1) is 15.1. The highest BCUT2D eigenvalue weighted by Crippen LogP contribution is 2.12. The Hall–Kier alpha value is -1.66. The van der Waals surface area contributed by atoms with Gasteiger partial charge in [-0.1, -0.05) is 117 Å². The highest BCUT2D eigenvalue weighted by molar-refractivity contribution is 5.85. The minimum Gasteiger partial charge on any atom is -0.478 e. The van der Waals surface area contributed by atoms with Crippen molar-refractivity contribution in [1.82, 2.24) is 0 Å². The van der Waals surface area contributed by atoms with Crippen LogP contribution in [0, 0.1) is 0 Å². The zero-order chi connectivity index (χ0) is 25.6. The molecule has 0 bridgehead atoms. The van der Waals surface area contributed by atoms with Crippen LogP contribution in [0.1, 0.15) is 118 Å². The Morgan fingerprint density at radius 1 is 0.531 bits per heavy atom. The summed E-state index contributed by atoms with van der Waals surface area (Å²) in [7, 11) is 0. The fourth-order valence-corrected chi connectivity index (χ4v) is 2.27. The Morgan fingerprint density at radius 3 is 0.781 bits per heavy atom. The van der Waals surface area contributed by atoms with Crippen molar-refractivity contribution in [1.29, 1.82) is 0 Å². The molecule has 0 fully saturated rings. The van der Waals surface area contributed by atoms with Crippen molar-refractivity contribution in [2.24, 2.45) is 0 Å². The minimum absolute atomic E-state index is 0.125. The zero-order valence-corrected chi connectivity index (χ0v) is 21.3. The van der Waals surface area contributed by atoms with Crippen LogP contribution in [0.15, 0.2) is 24.3 Å². The van der Waals surface area contributed by atoms with Gasteiger partial charge in [-0.15, -0.1) is 0 Å². The molecule has 0 heterocycles. The van der Waals surface area contributed by atoms with E-state index in [9.17, 15) is 9.59 Å². The van der Waals surface area contributed by atoms with E-state index in [-0.39, 0.29) is 24.4 Å². The van der Waals surface area contributed by atoms with E-state index in [1.807, 2.05) is 0 Å². The van der Waals surface area contributed by atoms with Gasteiger partial charge in [-0.05, 0) is 13.8 Å². The summed E-state index contributed by atoms with van der Waals surface area (Å²) >= 11 is 0. The van der Waals surface area contributed by atoms with Crippen LogP contribution < -0.4 is 0 Å². The molecule has 0 spiro atoms. The van der Waals surface area contributed by atoms with Crippen LogP contribution in [0.25, 0.3) is 0 Å². The Labute approximate surface area is 197 Å². The molecule has 192 valence electrons. The average molecular weight is 461 g/mol. The van der Waals surface area contributed by atoms with Crippen LogP contribution in [-0.4, -0.2) is 45.6 Å². The second kappa shape index (κ2) is 34.0. The minimum atomic E-state index is -0.935. The summed E-state index contributed by atoms with van der Waals surface area (Å²) < 4.78 is 0. The van der Waals surface area contributed by atoms with Crippen molar-refractivity contribution in [3.63, 3.8) is 0 Å². The summed E-state index contributed by atoms with van der Waals surface area (Å²) in [5.41, 5.74) is 0.352. The van der Waals surface area contributed by atoms with E-state index in [4.69, 9.17) is 20.4 Å². The fraction of sp³-hybridized carbons (Fsp3) is 0.769. The van der Waals surface area contributed by atoms with E-state index in [1.165, 1.54) is 104 Å². The third-order valence-corrected chi connectivity index (χ3v) is 4.29. The molecule has 0 radical (unpaired) electrons. The highest BCUT2D eigenvalue weighted by atomic mass is 16.4. The summed E-state index contributed by atoms with van der Waals surface area (Å²) in [6.07, 6.45) is 20.4. The maximum absolute atomic E-state index is 9.60. The van der Waals surface area contributed by atoms with Gasteiger partial charge in [0.1, 0.15) is 0 Å². The number of carboxylic acids is 2. The van der Waals surface area contributed by atoms with Crippen LogP contribution in [0.2, 0.25) is 0 Å².